The number of aliphatic hydroxyl groups excluding tert-OH is 5. The molecule has 7 unspecified atom stereocenters. The predicted octanol–water partition coefficient (Wildman–Crippen LogP) is 13.1. The average molecular weight is 940 g/mol. The van der Waals surface area contributed by atoms with Gasteiger partial charge in [-0.25, -0.2) is 0 Å². The van der Waals surface area contributed by atoms with Crippen molar-refractivity contribution < 1.29 is 39.8 Å². The second-order valence-corrected chi connectivity index (χ2v) is 18.6. The normalized spacial score (nSPS) is 20.4. The van der Waals surface area contributed by atoms with E-state index in [4.69, 9.17) is 9.47 Å². The number of carbonyl (C=O) groups excluding carboxylic acids is 1. The Morgan fingerprint density at radius 3 is 1.37 bits per heavy atom. The summed E-state index contributed by atoms with van der Waals surface area (Å²) in [6.45, 7) is 3.66. The van der Waals surface area contributed by atoms with E-state index >= 15 is 0 Å². The summed E-state index contributed by atoms with van der Waals surface area (Å²) in [6.07, 6.45) is 59.1. The Balaban J connectivity index is 2.29. The molecule has 0 aromatic carbocycles. The molecule has 1 fully saturated rings. The van der Waals surface area contributed by atoms with Gasteiger partial charge in [0.05, 0.1) is 25.4 Å². The van der Waals surface area contributed by atoms with Gasteiger partial charge in [-0.05, 0) is 70.6 Å². The van der Waals surface area contributed by atoms with Crippen molar-refractivity contribution in [1.82, 2.24) is 5.32 Å². The van der Waals surface area contributed by atoms with Crippen molar-refractivity contribution >= 4 is 5.91 Å². The molecule has 0 aromatic heterocycles. The molecule has 1 heterocycles. The maximum Gasteiger partial charge on any atom is 0.220 e. The van der Waals surface area contributed by atoms with Gasteiger partial charge in [0.2, 0.25) is 5.91 Å². The Labute approximate surface area is 410 Å². The molecular formula is C58H101NO8. The van der Waals surface area contributed by atoms with E-state index in [1.807, 2.05) is 6.08 Å². The highest BCUT2D eigenvalue weighted by molar-refractivity contribution is 5.76. The maximum absolute atomic E-state index is 13.0. The Hall–Kier alpha value is -2.63. The van der Waals surface area contributed by atoms with Gasteiger partial charge in [-0.2, -0.15) is 0 Å². The fourth-order valence-corrected chi connectivity index (χ4v) is 8.16. The maximum atomic E-state index is 13.0. The standard InChI is InChI=1S/C58H101NO8/c1-3-5-7-9-11-13-15-17-19-21-23-24-25-26-27-28-30-32-34-36-38-40-42-44-46-48-54(62)59-51(50-66-58-57(65)56(64)55(63)53(49-60)67-58)52(61)47-45-43-41-39-37-35-33-31-29-22-20-18-16-14-12-10-8-6-4-2/h5,7,11,13,17,19,23-24,26-27,30,32,45,47,51-53,55-58,60-61,63-65H,3-4,6,8-10,12,14-16,18,20-22,25,28-29,31,33-44,46,48-50H2,1-2H3,(H,59,62)/b7-5-,13-11-,19-17-,24-23-,27-26-,32-30-,47-45+. The van der Waals surface area contributed by atoms with Crippen molar-refractivity contribution in [1.29, 1.82) is 0 Å². The van der Waals surface area contributed by atoms with E-state index < -0.39 is 49.5 Å². The zero-order valence-electron chi connectivity index (χ0n) is 42.6. The minimum absolute atomic E-state index is 0.194. The molecule has 0 aromatic rings. The van der Waals surface area contributed by atoms with E-state index in [0.29, 0.717) is 6.42 Å². The number of hydrogen-bond acceptors (Lipinski definition) is 8. The van der Waals surface area contributed by atoms with Crippen LogP contribution in [0.4, 0.5) is 0 Å². The molecule has 9 nitrogen and oxygen atoms in total. The van der Waals surface area contributed by atoms with Gasteiger partial charge in [0, 0.05) is 6.42 Å². The van der Waals surface area contributed by atoms with E-state index in [0.717, 1.165) is 103 Å². The lowest BCUT2D eigenvalue weighted by Crippen LogP contribution is -2.60. The van der Waals surface area contributed by atoms with E-state index in [1.165, 1.54) is 96.3 Å². The quantitative estimate of drug-likeness (QED) is 0.0261. The summed E-state index contributed by atoms with van der Waals surface area (Å²) in [4.78, 5) is 13.0. The highest BCUT2D eigenvalue weighted by Gasteiger charge is 2.44. The monoisotopic (exact) mass is 940 g/mol. The molecule has 1 aliphatic rings. The van der Waals surface area contributed by atoms with Crippen molar-refractivity contribution in [3.8, 4) is 0 Å². The number of amides is 1. The van der Waals surface area contributed by atoms with Crippen LogP contribution >= 0.6 is 0 Å². The van der Waals surface area contributed by atoms with Crippen LogP contribution in [-0.2, 0) is 14.3 Å². The van der Waals surface area contributed by atoms with Crippen molar-refractivity contribution in [3.63, 3.8) is 0 Å². The van der Waals surface area contributed by atoms with Crippen molar-refractivity contribution in [2.24, 2.45) is 0 Å². The summed E-state index contributed by atoms with van der Waals surface area (Å²) in [5, 5.41) is 54.4. The van der Waals surface area contributed by atoms with Crippen molar-refractivity contribution in [2.75, 3.05) is 13.2 Å². The lowest BCUT2D eigenvalue weighted by molar-refractivity contribution is -0.302. The third-order valence-electron chi connectivity index (χ3n) is 12.5. The Morgan fingerprint density at radius 1 is 0.522 bits per heavy atom. The van der Waals surface area contributed by atoms with Crippen LogP contribution in [0.25, 0.3) is 0 Å². The summed E-state index contributed by atoms with van der Waals surface area (Å²) in [7, 11) is 0. The third-order valence-corrected chi connectivity index (χ3v) is 12.5. The van der Waals surface area contributed by atoms with Crippen LogP contribution in [-0.4, -0.2) is 87.5 Å². The molecular weight excluding hydrogens is 839 g/mol. The summed E-state index contributed by atoms with van der Waals surface area (Å²) in [5.74, 6) is -0.194. The highest BCUT2D eigenvalue weighted by atomic mass is 16.7. The summed E-state index contributed by atoms with van der Waals surface area (Å²) in [5.41, 5.74) is 0. The van der Waals surface area contributed by atoms with Crippen LogP contribution in [0.15, 0.2) is 85.1 Å². The first-order valence-electron chi connectivity index (χ1n) is 27.3. The smallest absolute Gasteiger partial charge is 0.220 e. The minimum Gasteiger partial charge on any atom is -0.394 e. The number of aliphatic hydroxyl groups is 5. The van der Waals surface area contributed by atoms with Gasteiger partial charge in [-0.15, -0.1) is 0 Å². The Kier molecular flexibility index (Phi) is 43.8. The van der Waals surface area contributed by atoms with E-state index in [1.54, 1.807) is 6.08 Å². The fourth-order valence-electron chi connectivity index (χ4n) is 8.16. The molecule has 67 heavy (non-hydrogen) atoms. The molecule has 0 saturated carbocycles. The molecule has 7 atom stereocenters. The Morgan fingerprint density at radius 2 is 0.925 bits per heavy atom. The number of unbranched alkanes of at least 4 members (excludes halogenated alkanes) is 23. The van der Waals surface area contributed by atoms with Crippen LogP contribution < -0.4 is 5.32 Å². The van der Waals surface area contributed by atoms with Gasteiger partial charge in [0.15, 0.2) is 6.29 Å². The Bertz CT molecular complexity index is 1320. The topological polar surface area (TPSA) is 149 Å². The van der Waals surface area contributed by atoms with Crippen LogP contribution in [0.3, 0.4) is 0 Å². The number of carbonyl (C=O) groups is 1. The first-order chi connectivity index (χ1) is 32.8. The van der Waals surface area contributed by atoms with Crippen LogP contribution in [0.2, 0.25) is 0 Å². The van der Waals surface area contributed by atoms with Gasteiger partial charge in [0.25, 0.3) is 0 Å². The molecule has 0 spiro atoms. The molecule has 6 N–H and O–H groups in total. The molecule has 0 bridgehead atoms. The molecule has 0 aliphatic carbocycles. The minimum atomic E-state index is -1.57. The third kappa shape index (κ3) is 36.9. The fraction of sp³-hybridized carbons (Fsp3) is 0.741. The number of ether oxygens (including phenoxy) is 2. The molecule has 1 saturated heterocycles. The summed E-state index contributed by atoms with van der Waals surface area (Å²) >= 11 is 0. The van der Waals surface area contributed by atoms with Gasteiger partial charge in [-0.3, -0.25) is 4.79 Å². The molecule has 386 valence electrons. The molecule has 1 amide bonds. The highest BCUT2D eigenvalue weighted by Crippen LogP contribution is 2.23. The second-order valence-electron chi connectivity index (χ2n) is 18.6. The number of nitrogens with one attached hydrogen (secondary N) is 1. The number of rotatable bonds is 45. The number of allylic oxidation sites excluding steroid dienone is 13. The second kappa shape index (κ2) is 47.1. The SMILES string of the molecule is CC/C=C\C/C=C\C/C=C\C/C=C\C/C=C\C/C=C\CCCCCCCCC(=O)NC(COC1OC(CO)C(O)C(O)C1O)C(O)/C=C/CCCCCCCCCCCCCCCCCCC. The zero-order chi connectivity index (χ0) is 48.7. The van der Waals surface area contributed by atoms with Gasteiger partial charge < -0.3 is 40.3 Å². The van der Waals surface area contributed by atoms with Crippen LogP contribution in [0, 0.1) is 0 Å². The van der Waals surface area contributed by atoms with E-state index in [2.05, 4.69) is 92.1 Å². The van der Waals surface area contributed by atoms with Crippen LogP contribution in [0.5, 0.6) is 0 Å². The van der Waals surface area contributed by atoms with Gasteiger partial charge >= 0.3 is 0 Å². The summed E-state index contributed by atoms with van der Waals surface area (Å²) in [6, 6.07) is -0.819. The largest absolute Gasteiger partial charge is 0.394 e. The first-order valence-corrected chi connectivity index (χ1v) is 27.3. The van der Waals surface area contributed by atoms with Crippen molar-refractivity contribution in [3.05, 3.63) is 85.1 Å². The first kappa shape index (κ1) is 62.4. The van der Waals surface area contributed by atoms with E-state index in [-0.39, 0.29) is 12.5 Å². The average Bonchev–Trinajstić information content (AvgIpc) is 3.33. The molecule has 1 rings (SSSR count). The van der Waals surface area contributed by atoms with Crippen LogP contribution in [0.1, 0.15) is 219 Å². The summed E-state index contributed by atoms with van der Waals surface area (Å²) < 4.78 is 11.3. The zero-order valence-corrected chi connectivity index (χ0v) is 42.6. The van der Waals surface area contributed by atoms with E-state index in [9.17, 15) is 30.3 Å². The lowest BCUT2D eigenvalue weighted by atomic mass is 9.99. The molecule has 0 radical (unpaired) electrons. The van der Waals surface area contributed by atoms with Gasteiger partial charge in [0.1, 0.15) is 24.4 Å². The van der Waals surface area contributed by atoms with Gasteiger partial charge in [-0.1, -0.05) is 227 Å². The lowest BCUT2D eigenvalue weighted by Gasteiger charge is -2.40. The number of hydrogen-bond donors (Lipinski definition) is 6. The molecule has 9 heteroatoms. The molecule has 1 aliphatic heterocycles. The van der Waals surface area contributed by atoms with Crippen molar-refractivity contribution in [2.45, 2.75) is 262 Å². The predicted molar refractivity (Wildman–Crippen MR) is 281 cm³/mol.